The fourth-order valence-electron chi connectivity index (χ4n) is 2.17. The SMILES string of the molecule is COC(=O)CCCN(C)C(=O)c1sc(NC(=O)c2ccco2)cc1C. The van der Waals surface area contributed by atoms with Gasteiger partial charge in [-0.3, -0.25) is 14.4 Å². The van der Waals surface area contributed by atoms with Gasteiger partial charge in [0.05, 0.1) is 23.3 Å². The van der Waals surface area contributed by atoms with Gasteiger partial charge >= 0.3 is 5.97 Å². The van der Waals surface area contributed by atoms with Gasteiger partial charge in [0.15, 0.2) is 5.76 Å². The third kappa shape index (κ3) is 4.93. The molecule has 25 heavy (non-hydrogen) atoms. The number of carbonyl (C=O) groups is 3. The van der Waals surface area contributed by atoms with Crippen LogP contribution in [-0.2, 0) is 9.53 Å². The number of thiophene rings is 1. The maximum atomic E-state index is 12.5. The number of aryl methyl sites for hydroxylation is 1. The molecular weight excluding hydrogens is 344 g/mol. The summed E-state index contributed by atoms with van der Waals surface area (Å²) in [6.07, 6.45) is 2.22. The summed E-state index contributed by atoms with van der Waals surface area (Å²) in [6.45, 7) is 2.26. The number of carbonyl (C=O) groups excluding carboxylic acids is 3. The van der Waals surface area contributed by atoms with Gasteiger partial charge in [0, 0.05) is 20.0 Å². The molecule has 0 spiro atoms. The highest BCUT2D eigenvalue weighted by molar-refractivity contribution is 7.18. The highest BCUT2D eigenvalue weighted by atomic mass is 32.1. The third-order valence-electron chi connectivity index (χ3n) is 3.54. The average Bonchev–Trinajstić information content (AvgIpc) is 3.23. The Morgan fingerprint density at radius 3 is 2.76 bits per heavy atom. The van der Waals surface area contributed by atoms with E-state index in [4.69, 9.17) is 4.42 Å². The molecule has 1 N–H and O–H groups in total. The number of methoxy groups -OCH3 is 1. The number of esters is 1. The minimum absolute atomic E-state index is 0.147. The molecule has 134 valence electrons. The van der Waals surface area contributed by atoms with E-state index in [1.165, 1.54) is 24.7 Å². The molecule has 8 heteroatoms. The lowest BCUT2D eigenvalue weighted by atomic mass is 10.2. The third-order valence-corrected chi connectivity index (χ3v) is 4.68. The zero-order valence-electron chi connectivity index (χ0n) is 14.3. The van der Waals surface area contributed by atoms with Crippen LogP contribution in [0, 0.1) is 6.92 Å². The van der Waals surface area contributed by atoms with Crippen molar-refractivity contribution in [3.05, 3.63) is 40.7 Å². The Labute approximate surface area is 149 Å². The van der Waals surface area contributed by atoms with Crippen molar-refractivity contribution in [2.45, 2.75) is 19.8 Å². The Morgan fingerprint density at radius 2 is 2.12 bits per heavy atom. The second-order valence-electron chi connectivity index (χ2n) is 5.46. The Kier molecular flexibility index (Phi) is 6.35. The fourth-order valence-corrected chi connectivity index (χ4v) is 3.24. The lowest BCUT2D eigenvalue weighted by molar-refractivity contribution is -0.140. The van der Waals surface area contributed by atoms with Crippen molar-refractivity contribution < 1.29 is 23.5 Å². The monoisotopic (exact) mass is 364 g/mol. The maximum absolute atomic E-state index is 12.5. The number of hydrogen-bond donors (Lipinski definition) is 1. The fraction of sp³-hybridized carbons (Fsp3) is 0.353. The van der Waals surface area contributed by atoms with Crippen molar-refractivity contribution in [1.29, 1.82) is 0 Å². The molecule has 0 radical (unpaired) electrons. The van der Waals surface area contributed by atoms with Crippen LogP contribution in [0.2, 0.25) is 0 Å². The number of amides is 2. The molecule has 0 saturated carbocycles. The number of furan rings is 1. The summed E-state index contributed by atoms with van der Waals surface area (Å²) in [7, 11) is 3.02. The average molecular weight is 364 g/mol. The molecule has 0 atom stereocenters. The van der Waals surface area contributed by atoms with Crippen LogP contribution in [0.15, 0.2) is 28.9 Å². The summed E-state index contributed by atoms with van der Waals surface area (Å²) < 4.78 is 9.62. The Balaban J connectivity index is 1.97. The molecule has 0 aromatic carbocycles. The van der Waals surface area contributed by atoms with E-state index in [2.05, 4.69) is 10.1 Å². The van der Waals surface area contributed by atoms with E-state index in [0.717, 1.165) is 5.56 Å². The highest BCUT2D eigenvalue weighted by Gasteiger charge is 2.19. The summed E-state index contributed by atoms with van der Waals surface area (Å²) in [5.41, 5.74) is 0.782. The molecule has 2 aromatic heterocycles. The normalized spacial score (nSPS) is 10.4. The van der Waals surface area contributed by atoms with E-state index in [9.17, 15) is 14.4 Å². The van der Waals surface area contributed by atoms with E-state index < -0.39 is 0 Å². The predicted molar refractivity (Wildman–Crippen MR) is 93.9 cm³/mol. The van der Waals surface area contributed by atoms with Crippen LogP contribution in [0.5, 0.6) is 0 Å². The molecular formula is C17H20N2O5S. The summed E-state index contributed by atoms with van der Waals surface area (Å²) in [6, 6.07) is 4.95. The van der Waals surface area contributed by atoms with E-state index >= 15 is 0 Å². The second kappa shape index (κ2) is 8.48. The molecule has 0 aliphatic carbocycles. The molecule has 2 rings (SSSR count). The van der Waals surface area contributed by atoms with E-state index in [1.807, 2.05) is 6.92 Å². The van der Waals surface area contributed by atoms with Crippen molar-refractivity contribution >= 4 is 34.1 Å². The quantitative estimate of drug-likeness (QED) is 0.763. The van der Waals surface area contributed by atoms with Gasteiger partial charge in [0.1, 0.15) is 0 Å². The first-order chi connectivity index (χ1) is 11.9. The minimum atomic E-state index is -0.364. The minimum Gasteiger partial charge on any atom is -0.469 e. The molecule has 0 saturated heterocycles. The van der Waals surface area contributed by atoms with Crippen LogP contribution in [-0.4, -0.2) is 43.4 Å². The maximum Gasteiger partial charge on any atom is 0.305 e. The highest BCUT2D eigenvalue weighted by Crippen LogP contribution is 2.28. The molecule has 7 nitrogen and oxygen atoms in total. The van der Waals surface area contributed by atoms with Crippen molar-refractivity contribution in [1.82, 2.24) is 4.90 Å². The number of nitrogens with zero attached hydrogens (tertiary/aromatic N) is 1. The van der Waals surface area contributed by atoms with E-state index in [-0.39, 0.29) is 30.0 Å². The van der Waals surface area contributed by atoms with Crippen LogP contribution in [0.1, 0.15) is 38.6 Å². The van der Waals surface area contributed by atoms with Gasteiger partial charge in [-0.05, 0) is 37.1 Å². The number of hydrogen-bond acceptors (Lipinski definition) is 6. The number of rotatable bonds is 7. The molecule has 2 aromatic rings. The number of anilines is 1. The molecule has 2 heterocycles. The standard InChI is InChI=1S/C17H20N2O5S/c1-11-10-13(18-16(21)12-6-5-9-24-12)25-15(11)17(22)19(2)8-4-7-14(20)23-3/h5-6,9-10H,4,7-8H2,1-3H3,(H,18,21). The smallest absolute Gasteiger partial charge is 0.305 e. The summed E-state index contributed by atoms with van der Waals surface area (Å²) >= 11 is 1.21. The second-order valence-corrected chi connectivity index (χ2v) is 6.51. The van der Waals surface area contributed by atoms with Crippen molar-refractivity contribution in [3.8, 4) is 0 Å². The first kappa shape index (κ1) is 18.7. The van der Waals surface area contributed by atoms with Gasteiger partial charge in [-0.25, -0.2) is 0 Å². The summed E-state index contributed by atoms with van der Waals surface area (Å²) in [5, 5.41) is 3.29. The van der Waals surface area contributed by atoms with Crippen LogP contribution in [0.25, 0.3) is 0 Å². The first-order valence-electron chi connectivity index (χ1n) is 7.70. The molecule has 2 amide bonds. The van der Waals surface area contributed by atoms with Crippen molar-refractivity contribution in [2.24, 2.45) is 0 Å². The molecule has 0 unspecified atom stereocenters. The zero-order chi connectivity index (χ0) is 18.4. The van der Waals surface area contributed by atoms with Crippen molar-refractivity contribution in [3.63, 3.8) is 0 Å². The largest absolute Gasteiger partial charge is 0.469 e. The molecule has 0 fully saturated rings. The van der Waals surface area contributed by atoms with E-state index in [1.54, 1.807) is 30.1 Å². The lowest BCUT2D eigenvalue weighted by Crippen LogP contribution is -2.28. The van der Waals surface area contributed by atoms with Crippen LogP contribution in [0.3, 0.4) is 0 Å². The van der Waals surface area contributed by atoms with Gasteiger partial charge in [-0.2, -0.15) is 0 Å². The molecule has 0 bridgehead atoms. The Morgan fingerprint density at radius 1 is 1.36 bits per heavy atom. The predicted octanol–water partition coefficient (Wildman–Crippen LogP) is 2.93. The van der Waals surface area contributed by atoms with Crippen LogP contribution in [0.4, 0.5) is 5.00 Å². The summed E-state index contributed by atoms with van der Waals surface area (Å²) in [5.74, 6) is -0.600. The first-order valence-corrected chi connectivity index (χ1v) is 8.51. The lowest BCUT2D eigenvalue weighted by Gasteiger charge is -2.16. The van der Waals surface area contributed by atoms with Crippen LogP contribution < -0.4 is 5.32 Å². The van der Waals surface area contributed by atoms with Gasteiger partial charge < -0.3 is 19.4 Å². The number of ether oxygens (including phenoxy) is 1. The zero-order valence-corrected chi connectivity index (χ0v) is 15.1. The van der Waals surface area contributed by atoms with E-state index in [0.29, 0.717) is 22.8 Å². The Hall–Kier alpha value is -2.61. The Bertz CT molecular complexity index is 751. The van der Waals surface area contributed by atoms with Gasteiger partial charge in [-0.1, -0.05) is 0 Å². The molecule has 0 aliphatic rings. The topological polar surface area (TPSA) is 88.9 Å². The van der Waals surface area contributed by atoms with Gasteiger partial charge in [0.25, 0.3) is 11.8 Å². The molecule has 0 aliphatic heterocycles. The van der Waals surface area contributed by atoms with Crippen LogP contribution >= 0.6 is 11.3 Å². The summed E-state index contributed by atoms with van der Waals surface area (Å²) in [4.78, 5) is 37.7. The van der Waals surface area contributed by atoms with Gasteiger partial charge in [0.2, 0.25) is 0 Å². The number of nitrogens with one attached hydrogen (secondary N) is 1. The van der Waals surface area contributed by atoms with Crippen molar-refractivity contribution in [2.75, 3.05) is 26.0 Å². The van der Waals surface area contributed by atoms with Gasteiger partial charge in [-0.15, -0.1) is 11.3 Å².